The van der Waals surface area contributed by atoms with Crippen molar-refractivity contribution in [3.8, 4) is 0 Å². The van der Waals surface area contributed by atoms with Crippen LogP contribution in [0.15, 0.2) is 12.1 Å². The Bertz CT molecular complexity index is 680. The van der Waals surface area contributed by atoms with Crippen molar-refractivity contribution in [2.75, 3.05) is 13.1 Å². The van der Waals surface area contributed by atoms with E-state index in [1.54, 1.807) is 0 Å². The van der Waals surface area contributed by atoms with E-state index < -0.39 is 5.97 Å². The van der Waals surface area contributed by atoms with E-state index in [4.69, 9.17) is 11.6 Å². The van der Waals surface area contributed by atoms with Gasteiger partial charge in [0.15, 0.2) is 0 Å². The Labute approximate surface area is 126 Å². The average Bonchev–Trinajstić information content (AvgIpc) is 2.65. The minimum atomic E-state index is -0.832. The average molecular weight is 310 g/mol. The summed E-state index contributed by atoms with van der Waals surface area (Å²) < 4.78 is 1.04. The Morgan fingerprint density at radius 2 is 2.25 bits per heavy atom. The normalized spacial score (nSPS) is 15.5. The lowest BCUT2D eigenvalue weighted by molar-refractivity contribution is 0.0700. The second kappa shape index (κ2) is 5.35. The quantitative estimate of drug-likeness (QED) is 0.931. The molecule has 3 nitrogen and oxygen atoms in total. The number of halogens is 1. The summed E-state index contributed by atoms with van der Waals surface area (Å²) in [4.78, 5) is 14.3. The Kier molecular flexibility index (Phi) is 3.71. The van der Waals surface area contributed by atoms with Gasteiger partial charge in [0, 0.05) is 28.2 Å². The van der Waals surface area contributed by atoms with Crippen molar-refractivity contribution in [3.63, 3.8) is 0 Å². The first-order chi connectivity index (χ1) is 9.61. The molecular formula is C15H16ClNO2S. The van der Waals surface area contributed by atoms with Crippen molar-refractivity contribution in [1.29, 1.82) is 0 Å². The number of carbonyl (C=O) groups is 1. The van der Waals surface area contributed by atoms with Gasteiger partial charge in [0.25, 0.3) is 0 Å². The fraction of sp³-hybridized carbons (Fsp3) is 0.400. The van der Waals surface area contributed by atoms with Crippen molar-refractivity contribution in [2.24, 2.45) is 0 Å². The zero-order chi connectivity index (χ0) is 14.3. The molecule has 0 amide bonds. The largest absolute Gasteiger partial charge is 0.477 e. The molecule has 2 heterocycles. The highest BCUT2D eigenvalue weighted by atomic mass is 35.5. The number of hydrogen-bond donors (Lipinski definition) is 1. The molecule has 1 N–H and O–H groups in total. The van der Waals surface area contributed by atoms with E-state index in [2.05, 4.69) is 11.8 Å². The summed E-state index contributed by atoms with van der Waals surface area (Å²) in [5.74, 6) is -0.832. The number of carboxylic acids is 1. The van der Waals surface area contributed by atoms with Crippen LogP contribution in [0.5, 0.6) is 0 Å². The molecule has 0 saturated heterocycles. The van der Waals surface area contributed by atoms with Crippen molar-refractivity contribution in [1.82, 2.24) is 4.90 Å². The zero-order valence-corrected chi connectivity index (χ0v) is 12.9. The predicted octanol–water partition coefficient (Wildman–Crippen LogP) is 4.02. The SMILES string of the molecule is CCCN1CCc2c(Cl)ccc3sc(C(=O)O)c(c23)C1. The molecule has 0 radical (unpaired) electrons. The third-order valence-corrected chi connectivity index (χ3v) is 5.34. The minimum absolute atomic E-state index is 0.464. The minimum Gasteiger partial charge on any atom is -0.477 e. The van der Waals surface area contributed by atoms with Crippen LogP contribution >= 0.6 is 22.9 Å². The molecule has 0 spiro atoms. The maximum Gasteiger partial charge on any atom is 0.346 e. The topological polar surface area (TPSA) is 40.5 Å². The van der Waals surface area contributed by atoms with Gasteiger partial charge in [-0.25, -0.2) is 4.79 Å². The predicted molar refractivity (Wildman–Crippen MR) is 83.1 cm³/mol. The summed E-state index contributed by atoms with van der Waals surface area (Å²) in [6.45, 7) is 4.78. The fourth-order valence-electron chi connectivity index (χ4n) is 2.95. The molecule has 3 rings (SSSR count). The number of thiophene rings is 1. The standard InChI is InChI=1S/C15H16ClNO2S/c1-2-6-17-7-5-9-11(16)3-4-12-13(9)10(8-17)14(20-12)15(18)19/h3-4H,2,5-8H2,1H3,(H,18,19). The van der Waals surface area contributed by atoms with Crippen LogP contribution in [0.25, 0.3) is 10.1 Å². The van der Waals surface area contributed by atoms with Gasteiger partial charge in [-0.15, -0.1) is 11.3 Å². The monoisotopic (exact) mass is 309 g/mol. The lowest BCUT2D eigenvalue weighted by atomic mass is 10.0. The van der Waals surface area contributed by atoms with Gasteiger partial charge in [-0.2, -0.15) is 0 Å². The van der Waals surface area contributed by atoms with Crippen LogP contribution in [0.3, 0.4) is 0 Å². The van der Waals surface area contributed by atoms with Crippen molar-refractivity contribution in [2.45, 2.75) is 26.3 Å². The van der Waals surface area contributed by atoms with Gasteiger partial charge in [-0.05, 0) is 42.6 Å². The van der Waals surface area contributed by atoms with Crippen LogP contribution in [0.4, 0.5) is 0 Å². The summed E-state index contributed by atoms with van der Waals surface area (Å²) in [7, 11) is 0. The van der Waals surface area contributed by atoms with E-state index >= 15 is 0 Å². The van der Waals surface area contributed by atoms with Crippen molar-refractivity contribution >= 4 is 39.0 Å². The third kappa shape index (κ3) is 2.22. The number of rotatable bonds is 3. The molecule has 1 aliphatic heterocycles. The first-order valence-corrected chi connectivity index (χ1v) is 7.99. The Balaban J connectivity index is 2.22. The number of benzene rings is 1. The van der Waals surface area contributed by atoms with Gasteiger partial charge in [-0.1, -0.05) is 18.5 Å². The van der Waals surface area contributed by atoms with E-state index in [1.807, 2.05) is 12.1 Å². The highest BCUT2D eigenvalue weighted by molar-refractivity contribution is 7.21. The lowest BCUT2D eigenvalue weighted by Crippen LogP contribution is -2.25. The molecule has 1 aromatic heterocycles. The highest BCUT2D eigenvalue weighted by Gasteiger charge is 2.25. The zero-order valence-electron chi connectivity index (χ0n) is 11.3. The van der Waals surface area contributed by atoms with Gasteiger partial charge in [0.2, 0.25) is 0 Å². The van der Waals surface area contributed by atoms with Crippen LogP contribution in [0, 0.1) is 0 Å². The summed E-state index contributed by atoms with van der Waals surface area (Å²) in [6.07, 6.45) is 1.96. The Hall–Kier alpha value is -1.10. The van der Waals surface area contributed by atoms with Crippen LogP contribution < -0.4 is 0 Å². The second-order valence-electron chi connectivity index (χ2n) is 5.14. The summed E-state index contributed by atoms with van der Waals surface area (Å²) in [5, 5.41) is 11.3. The van der Waals surface area contributed by atoms with Gasteiger partial charge in [-0.3, -0.25) is 4.90 Å². The first kappa shape index (κ1) is 13.9. The smallest absolute Gasteiger partial charge is 0.346 e. The fourth-order valence-corrected chi connectivity index (χ4v) is 4.28. The van der Waals surface area contributed by atoms with Gasteiger partial charge in [0.05, 0.1) is 0 Å². The van der Waals surface area contributed by atoms with E-state index in [-0.39, 0.29) is 0 Å². The number of carboxylic acid groups (broad SMARTS) is 1. The molecule has 1 aromatic carbocycles. The second-order valence-corrected chi connectivity index (χ2v) is 6.60. The van der Waals surface area contributed by atoms with E-state index in [0.29, 0.717) is 11.4 Å². The summed E-state index contributed by atoms with van der Waals surface area (Å²) in [6, 6.07) is 3.83. The molecule has 2 aromatic rings. The number of aromatic carboxylic acids is 1. The van der Waals surface area contributed by atoms with E-state index in [9.17, 15) is 9.90 Å². The van der Waals surface area contributed by atoms with E-state index in [1.165, 1.54) is 11.3 Å². The van der Waals surface area contributed by atoms with Crippen LogP contribution in [0.1, 0.15) is 34.1 Å². The Morgan fingerprint density at radius 1 is 1.45 bits per heavy atom. The van der Waals surface area contributed by atoms with Gasteiger partial charge >= 0.3 is 5.97 Å². The van der Waals surface area contributed by atoms with Crippen molar-refractivity contribution < 1.29 is 9.90 Å². The van der Waals surface area contributed by atoms with Crippen LogP contribution in [-0.2, 0) is 13.0 Å². The summed E-state index contributed by atoms with van der Waals surface area (Å²) >= 11 is 7.70. The molecule has 5 heteroatoms. The summed E-state index contributed by atoms with van der Waals surface area (Å²) in [5.41, 5.74) is 2.06. The molecular weight excluding hydrogens is 294 g/mol. The molecule has 20 heavy (non-hydrogen) atoms. The molecule has 0 aliphatic carbocycles. The maximum absolute atomic E-state index is 11.5. The molecule has 0 unspecified atom stereocenters. The van der Waals surface area contributed by atoms with E-state index in [0.717, 1.165) is 52.2 Å². The van der Waals surface area contributed by atoms with Crippen molar-refractivity contribution in [3.05, 3.63) is 33.2 Å². The molecule has 106 valence electrons. The van der Waals surface area contributed by atoms with Gasteiger partial charge in [0.1, 0.15) is 4.88 Å². The first-order valence-electron chi connectivity index (χ1n) is 6.80. The lowest BCUT2D eigenvalue weighted by Gasteiger charge is -2.19. The highest BCUT2D eigenvalue weighted by Crippen LogP contribution is 2.39. The molecule has 1 aliphatic rings. The molecule has 0 bridgehead atoms. The Morgan fingerprint density at radius 3 is 2.95 bits per heavy atom. The van der Waals surface area contributed by atoms with Gasteiger partial charge < -0.3 is 5.11 Å². The molecule has 0 saturated carbocycles. The maximum atomic E-state index is 11.5. The number of nitrogens with zero attached hydrogens (tertiary/aromatic N) is 1. The third-order valence-electron chi connectivity index (χ3n) is 3.80. The van der Waals surface area contributed by atoms with Crippen LogP contribution in [-0.4, -0.2) is 29.1 Å². The number of hydrogen-bond acceptors (Lipinski definition) is 3. The molecule has 0 fully saturated rings. The molecule has 0 atom stereocenters. The van der Waals surface area contributed by atoms with Crippen LogP contribution in [0.2, 0.25) is 5.02 Å².